The molecular weight excluding hydrogens is 255 g/mol. The monoisotopic (exact) mass is 264 g/mol. The van der Waals surface area contributed by atoms with Gasteiger partial charge < -0.3 is 5.32 Å². The minimum Gasteiger partial charge on any atom is -0.319 e. The highest BCUT2D eigenvalue weighted by atomic mass is 35.5. The maximum atomic E-state index is 13.7. The van der Waals surface area contributed by atoms with E-state index < -0.39 is 11.7 Å². The van der Waals surface area contributed by atoms with Crippen LogP contribution in [0.4, 0.5) is 10.1 Å². The Hall–Kier alpha value is -1.94. The molecule has 1 heterocycles. The summed E-state index contributed by atoms with van der Waals surface area (Å²) in [6, 6.07) is 7.87. The minimum atomic E-state index is -0.550. The molecule has 0 bridgehead atoms. The van der Waals surface area contributed by atoms with Crippen molar-refractivity contribution in [2.45, 2.75) is 6.92 Å². The number of hydrogen-bond acceptors (Lipinski definition) is 2. The first-order chi connectivity index (χ1) is 8.59. The van der Waals surface area contributed by atoms with E-state index in [1.54, 1.807) is 31.2 Å². The van der Waals surface area contributed by atoms with Crippen LogP contribution >= 0.6 is 11.6 Å². The van der Waals surface area contributed by atoms with Crippen molar-refractivity contribution >= 4 is 23.2 Å². The van der Waals surface area contributed by atoms with Crippen LogP contribution in [0.5, 0.6) is 0 Å². The second-order valence-corrected chi connectivity index (χ2v) is 4.09. The maximum absolute atomic E-state index is 13.7. The minimum absolute atomic E-state index is 0.0186. The first-order valence-electron chi connectivity index (χ1n) is 5.26. The standard InChI is InChI=1S/C13H10ClFN2O/c1-8-4-2-5-9(11(8)15)13(18)17-10-6-3-7-16-12(10)14/h2-7H,1H3,(H,17,18). The van der Waals surface area contributed by atoms with E-state index in [4.69, 9.17) is 11.6 Å². The number of pyridine rings is 1. The Kier molecular flexibility index (Phi) is 3.58. The van der Waals surface area contributed by atoms with Gasteiger partial charge in [-0.2, -0.15) is 0 Å². The lowest BCUT2D eigenvalue weighted by Crippen LogP contribution is -2.14. The van der Waals surface area contributed by atoms with Crippen LogP contribution < -0.4 is 5.32 Å². The van der Waals surface area contributed by atoms with Crippen molar-refractivity contribution in [3.8, 4) is 0 Å². The highest BCUT2D eigenvalue weighted by molar-refractivity contribution is 6.32. The molecule has 0 atom stereocenters. The van der Waals surface area contributed by atoms with Crippen LogP contribution in [-0.4, -0.2) is 10.9 Å². The van der Waals surface area contributed by atoms with E-state index in [0.29, 0.717) is 11.3 Å². The number of nitrogens with one attached hydrogen (secondary N) is 1. The Labute approximate surface area is 109 Å². The summed E-state index contributed by atoms with van der Waals surface area (Å²) in [6.07, 6.45) is 1.51. The van der Waals surface area contributed by atoms with Gasteiger partial charge in [-0.15, -0.1) is 0 Å². The number of anilines is 1. The second-order valence-electron chi connectivity index (χ2n) is 3.73. The van der Waals surface area contributed by atoms with Crippen molar-refractivity contribution < 1.29 is 9.18 Å². The topological polar surface area (TPSA) is 42.0 Å². The Bertz CT molecular complexity index is 601. The van der Waals surface area contributed by atoms with Gasteiger partial charge in [-0.05, 0) is 30.7 Å². The lowest BCUT2D eigenvalue weighted by atomic mass is 10.1. The molecular formula is C13H10ClFN2O. The SMILES string of the molecule is Cc1cccc(C(=O)Nc2cccnc2Cl)c1F. The molecule has 2 rings (SSSR count). The fraction of sp³-hybridized carbons (Fsp3) is 0.0769. The zero-order chi connectivity index (χ0) is 13.1. The molecule has 0 aliphatic rings. The predicted octanol–water partition coefficient (Wildman–Crippen LogP) is 3.43. The van der Waals surface area contributed by atoms with Gasteiger partial charge in [0.1, 0.15) is 5.82 Å². The molecule has 1 amide bonds. The number of aromatic nitrogens is 1. The lowest BCUT2D eigenvalue weighted by Gasteiger charge is -2.08. The fourth-order valence-corrected chi connectivity index (χ4v) is 1.66. The molecule has 1 aromatic carbocycles. The van der Waals surface area contributed by atoms with Gasteiger partial charge in [-0.25, -0.2) is 9.37 Å². The molecule has 0 aliphatic heterocycles. The Morgan fingerprint density at radius 2 is 2.11 bits per heavy atom. The molecule has 3 nitrogen and oxygen atoms in total. The molecule has 1 aromatic heterocycles. The van der Waals surface area contributed by atoms with Crippen LogP contribution in [-0.2, 0) is 0 Å². The summed E-state index contributed by atoms with van der Waals surface area (Å²) >= 11 is 5.81. The summed E-state index contributed by atoms with van der Waals surface area (Å²) in [7, 11) is 0. The molecule has 0 saturated heterocycles. The summed E-state index contributed by atoms with van der Waals surface area (Å²) in [5.74, 6) is -1.08. The molecule has 0 spiro atoms. The number of amides is 1. The van der Waals surface area contributed by atoms with Gasteiger partial charge in [-0.3, -0.25) is 4.79 Å². The Morgan fingerprint density at radius 1 is 1.33 bits per heavy atom. The molecule has 0 aliphatic carbocycles. The summed E-state index contributed by atoms with van der Waals surface area (Å²) in [6.45, 7) is 1.60. The molecule has 0 radical (unpaired) electrons. The highest BCUT2D eigenvalue weighted by Gasteiger charge is 2.14. The average Bonchev–Trinajstić information content (AvgIpc) is 2.35. The van der Waals surface area contributed by atoms with Crippen molar-refractivity contribution in [2.75, 3.05) is 5.32 Å². The van der Waals surface area contributed by atoms with E-state index in [-0.39, 0.29) is 10.7 Å². The van der Waals surface area contributed by atoms with Crippen molar-refractivity contribution in [1.82, 2.24) is 4.98 Å². The van der Waals surface area contributed by atoms with Crippen molar-refractivity contribution in [1.29, 1.82) is 0 Å². The van der Waals surface area contributed by atoms with E-state index in [1.807, 2.05) is 0 Å². The normalized spacial score (nSPS) is 10.2. The number of benzene rings is 1. The van der Waals surface area contributed by atoms with Gasteiger partial charge in [0, 0.05) is 6.20 Å². The number of carbonyl (C=O) groups is 1. The quantitative estimate of drug-likeness (QED) is 0.845. The third kappa shape index (κ3) is 2.49. The molecule has 18 heavy (non-hydrogen) atoms. The summed E-state index contributed by atoms with van der Waals surface area (Å²) in [5.41, 5.74) is 0.750. The van der Waals surface area contributed by atoms with E-state index in [0.717, 1.165) is 0 Å². The molecule has 0 unspecified atom stereocenters. The van der Waals surface area contributed by atoms with Crippen LogP contribution in [0.1, 0.15) is 15.9 Å². The van der Waals surface area contributed by atoms with Gasteiger partial charge in [0.2, 0.25) is 0 Å². The van der Waals surface area contributed by atoms with E-state index in [2.05, 4.69) is 10.3 Å². The Morgan fingerprint density at radius 3 is 2.83 bits per heavy atom. The van der Waals surface area contributed by atoms with Gasteiger partial charge in [0.15, 0.2) is 5.15 Å². The number of halogens is 2. The van der Waals surface area contributed by atoms with Crippen molar-refractivity contribution in [2.24, 2.45) is 0 Å². The van der Waals surface area contributed by atoms with Gasteiger partial charge >= 0.3 is 0 Å². The predicted molar refractivity (Wildman–Crippen MR) is 68.3 cm³/mol. The van der Waals surface area contributed by atoms with E-state index >= 15 is 0 Å². The molecule has 5 heteroatoms. The number of carbonyl (C=O) groups excluding carboxylic acids is 1. The van der Waals surface area contributed by atoms with Gasteiger partial charge in [0.05, 0.1) is 11.3 Å². The third-order valence-corrected chi connectivity index (χ3v) is 2.74. The molecule has 1 N–H and O–H groups in total. The first kappa shape index (κ1) is 12.5. The molecule has 0 fully saturated rings. The summed E-state index contributed by atoms with van der Waals surface area (Å²) in [4.78, 5) is 15.7. The van der Waals surface area contributed by atoms with Crippen LogP contribution in [0.2, 0.25) is 5.15 Å². The van der Waals surface area contributed by atoms with E-state index in [1.165, 1.54) is 12.3 Å². The van der Waals surface area contributed by atoms with Crippen molar-refractivity contribution in [3.63, 3.8) is 0 Å². The zero-order valence-electron chi connectivity index (χ0n) is 9.58. The number of rotatable bonds is 2. The second kappa shape index (κ2) is 5.14. The summed E-state index contributed by atoms with van der Waals surface area (Å²) in [5, 5.41) is 2.69. The highest BCUT2D eigenvalue weighted by Crippen LogP contribution is 2.19. The molecule has 0 saturated carbocycles. The number of aryl methyl sites for hydroxylation is 1. The first-order valence-corrected chi connectivity index (χ1v) is 5.64. The number of hydrogen-bond donors (Lipinski definition) is 1. The smallest absolute Gasteiger partial charge is 0.258 e. The third-order valence-electron chi connectivity index (χ3n) is 2.44. The molecule has 92 valence electrons. The average molecular weight is 265 g/mol. The van der Waals surface area contributed by atoms with Crippen LogP contribution in [0.15, 0.2) is 36.5 Å². The summed E-state index contributed by atoms with van der Waals surface area (Å²) < 4.78 is 13.7. The zero-order valence-corrected chi connectivity index (χ0v) is 10.3. The van der Waals surface area contributed by atoms with Gasteiger partial charge in [-0.1, -0.05) is 23.7 Å². The van der Waals surface area contributed by atoms with Crippen LogP contribution in [0.3, 0.4) is 0 Å². The van der Waals surface area contributed by atoms with Crippen LogP contribution in [0, 0.1) is 12.7 Å². The van der Waals surface area contributed by atoms with Gasteiger partial charge in [0.25, 0.3) is 5.91 Å². The van der Waals surface area contributed by atoms with E-state index in [9.17, 15) is 9.18 Å². The largest absolute Gasteiger partial charge is 0.319 e. The lowest BCUT2D eigenvalue weighted by molar-refractivity contribution is 0.102. The fourth-order valence-electron chi connectivity index (χ4n) is 1.49. The Balaban J connectivity index is 2.28. The van der Waals surface area contributed by atoms with Crippen LogP contribution in [0.25, 0.3) is 0 Å². The van der Waals surface area contributed by atoms with Crippen molar-refractivity contribution in [3.05, 3.63) is 58.6 Å². The maximum Gasteiger partial charge on any atom is 0.258 e. The molecule has 2 aromatic rings. The number of nitrogens with zero attached hydrogens (tertiary/aromatic N) is 1.